The van der Waals surface area contributed by atoms with E-state index in [9.17, 15) is 13.2 Å². The summed E-state index contributed by atoms with van der Waals surface area (Å²) in [5, 5.41) is 0. The highest BCUT2D eigenvalue weighted by molar-refractivity contribution is 7.89. The fourth-order valence-electron chi connectivity index (χ4n) is 5.07. The lowest BCUT2D eigenvalue weighted by Crippen LogP contribution is -2.51. The fraction of sp³-hybridized carbons (Fsp3) is 0.367. The van der Waals surface area contributed by atoms with Crippen LogP contribution in [0, 0.1) is 27.7 Å². The molecule has 0 atom stereocenters. The van der Waals surface area contributed by atoms with Crippen LogP contribution in [0.5, 0.6) is 0 Å². The van der Waals surface area contributed by atoms with Crippen molar-refractivity contribution in [1.82, 2.24) is 14.1 Å². The molecule has 6 nitrogen and oxygen atoms in total. The van der Waals surface area contributed by atoms with Crippen molar-refractivity contribution in [1.29, 1.82) is 0 Å². The quantitative estimate of drug-likeness (QED) is 0.441. The molecule has 0 spiro atoms. The highest BCUT2D eigenvalue weighted by atomic mass is 32.2. The van der Waals surface area contributed by atoms with Crippen LogP contribution in [0.15, 0.2) is 71.6 Å². The standard InChI is InChI=1S/C30H37N3O3S/c1-23-10-12-28(13-11-23)21-33(37(35,36)30-25(3)18-24(2)19-26(30)4)22-29(34)32-16-14-31(15-17-32)20-27-8-6-5-7-9-27/h5-13,18-19H,14-17,20-22H2,1-4H3. The first-order valence-electron chi connectivity index (χ1n) is 12.8. The molecule has 1 saturated heterocycles. The molecule has 7 heteroatoms. The normalized spacial score (nSPS) is 14.8. The van der Waals surface area contributed by atoms with Gasteiger partial charge >= 0.3 is 0 Å². The van der Waals surface area contributed by atoms with Gasteiger partial charge in [0.25, 0.3) is 0 Å². The molecule has 1 heterocycles. The van der Waals surface area contributed by atoms with E-state index >= 15 is 0 Å². The number of benzene rings is 3. The molecule has 1 aliphatic rings. The van der Waals surface area contributed by atoms with Crippen LogP contribution in [0.1, 0.15) is 33.4 Å². The average Bonchev–Trinajstić information content (AvgIpc) is 2.85. The first-order chi connectivity index (χ1) is 17.6. The number of hydrogen-bond acceptors (Lipinski definition) is 4. The van der Waals surface area contributed by atoms with E-state index in [1.165, 1.54) is 9.87 Å². The predicted octanol–water partition coefficient (Wildman–Crippen LogP) is 4.46. The van der Waals surface area contributed by atoms with E-state index in [1.807, 2.05) is 82.3 Å². The minimum atomic E-state index is -3.90. The number of nitrogens with zero attached hydrogens (tertiary/aromatic N) is 3. The smallest absolute Gasteiger partial charge is 0.244 e. The number of piperazine rings is 1. The van der Waals surface area contributed by atoms with Gasteiger partial charge in [0, 0.05) is 39.3 Å². The van der Waals surface area contributed by atoms with E-state index in [-0.39, 0.29) is 19.0 Å². The molecule has 0 bridgehead atoms. The second-order valence-corrected chi connectivity index (χ2v) is 12.0. The van der Waals surface area contributed by atoms with E-state index in [0.29, 0.717) is 29.1 Å². The van der Waals surface area contributed by atoms with Gasteiger partial charge in [-0.3, -0.25) is 9.69 Å². The number of amides is 1. The predicted molar refractivity (Wildman–Crippen MR) is 148 cm³/mol. The first kappa shape index (κ1) is 27.0. The Balaban J connectivity index is 1.52. The van der Waals surface area contributed by atoms with Crippen molar-refractivity contribution in [2.24, 2.45) is 0 Å². The molecule has 0 unspecified atom stereocenters. The third kappa shape index (κ3) is 6.66. The number of sulfonamides is 1. The topological polar surface area (TPSA) is 60.9 Å². The molecule has 3 aromatic carbocycles. The van der Waals surface area contributed by atoms with Crippen LogP contribution in [0.2, 0.25) is 0 Å². The van der Waals surface area contributed by atoms with Gasteiger partial charge in [-0.2, -0.15) is 4.31 Å². The van der Waals surface area contributed by atoms with Crippen molar-refractivity contribution in [2.75, 3.05) is 32.7 Å². The zero-order valence-electron chi connectivity index (χ0n) is 22.3. The lowest BCUT2D eigenvalue weighted by molar-refractivity contribution is -0.133. The van der Waals surface area contributed by atoms with Crippen LogP contribution >= 0.6 is 0 Å². The van der Waals surface area contributed by atoms with Crippen molar-refractivity contribution in [3.63, 3.8) is 0 Å². The Hall–Kier alpha value is -3.00. The molecule has 1 fully saturated rings. The van der Waals surface area contributed by atoms with Crippen LogP contribution in [-0.4, -0.2) is 61.2 Å². The van der Waals surface area contributed by atoms with Gasteiger partial charge in [-0.15, -0.1) is 0 Å². The molecule has 0 N–H and O–H groups in total. The largest absolute Gasteiger partial charge is 0.339 e. The van der Waals surface area contributed by atoms with E-state index in [2.05, 4.69) is 17.0 Å². The fourth-order valence-corrected chi connectivity index (χ4v) is 6.86. The maximum absolute atomic E-state index is 14.0. The maximum atomic E-state index is 14.0. The molecule has 0 aromatic heterocycles. The van der Waals surface area contributed by atoms with Gasteiger partial charge in [0.05, 0.1) is 11.4 Å². The van der Waals surface area contributed by atoms with Crippen molar-refractivity contribution < 1.29 is 13.2 Å². The van der Waals surface area contributed by atoms with Gasteiger partial charge in [0.1, 0.15) is 0 Å². The lowest BCUT2D eigenvalue weighted by Gasteiger charge is -2.36. The van der Waals surface area contributed by atoms with Crippen molar-refractivity contribution in [3.8, 4) is 0 Å². The van der Waals surface area contributed by atoms with Gasteiger partial charge in [-0.1, -0.05) is 77.9 Å². The van der Waals surface area contributed by atoms with E-state index < -0.39 is 10.0 Å². The summed E-state index contributed by atoms with van der Waals surface area (Å²) < 4.78 is 29.3. The first-order valence-corrected chi connectivity index (χ1v) is 14.2. The Kier molecular flexibility index (Phi) is 8.47. The average molecular weight is 520 g/mol. The van der Waals surface area contributed by atoms with Gasteiger partial charge in [0.2, 0.25) is 15.9 Å². The second-order valence-electron chi connectivity index (χ2n) is 10.1. The molecule has 1 aliphatic heterocycles. The summed E-state index contributed by atoms with van der Waals surface area (Å²) in [5.74, 6) is -0.155. The minimum absolute atomic E-state index is 0.148. The van der Waals surface area contributed by atoms with Crippen molar-refractivity contribution >= 4 is 15.9 Å². The van der Waals surface area contributed by atoms with Crippen LogP contribution in [0.4, 0.5) is 0 Å². The molecule has 0 aliphatic carbocycles. The SMILES string of the molecule is Cc1ccc(CN(CC(=O)N2CCN(Cc3ccccc3)CC2)S(=O)(=O)c2c(C)cc(C)cc2C)cc1. The number of rotatable bonds is 8. The summed E-state index contributed by atoms with van der Waals surface area (Å²) in [6.07, 6.45) is 0. The third-order valence-electron chi connectivity index (χ3n) is 6.97. The summed E-state index contributed by atoms with van der Waals surface area (Å²) in [6, 6.07) is 21.9. The monoisotopic (exact) mass is 519 g/mol. The summed E-state index contributed by atoms with van der Waals surface area (Å²) in [7, 11) is -3.90. The Morgan fingerprint density at radius 2 is 1.38 bits per heavy atom. The number of carbonyl (C=O) groups is 1. The Morgan fingerprint density at radius 3 is 1.97 bits per heavy atom. The van der Waals surface area contributed by atoms with Gasteiger partial charge < -0.3 is 4.90 Å². The lowest BCUT2D eigenvalue weighted by atomic mass is 10.1. The summed E-state index contributed by atoms with van der Waals surface area (Å²) in [5.41, 5.74) is 5.64. The molecule has 4 rings (SSSR count). The van der Waals surface area contributed by atoms with Crippen molar-refractivity contribution in [2.45, 2.75) is 45.7 Å². The van der Waals surface area contributed by atoms with Crippen LogP contribution in [0.3, 0.4) is 0 Å². The second kappa shape index (κ2) is 11.6. The van der Waals surface area contributed by atoms with E-state index in [4.69, 9.17) is 0 Å². The number of carbonyl (C=O) groups excluding carboxylic acids is 1. The summed E-state index contributed by atoms with van der Waals surface area (Å²) >= 11 is 0. The van der Waals surface area contributed by atoms with Crippen LogP contribution in [-0.2, 0) is 27.9 Å². The number of hydrogen-bond donors (Lipinski definition) is 0. The molecule has 1 amide bonds. The highest BCUT2D eigenvalue weighted by Gasteiger charge is 2.32. The maximum Gasteiger partial charge on any atom is 0.244 e. The van der Waals surface area contributed by atoms with Gasteiger partial charge in [0.15, 0.2) is 0 Å². The molecule has 0 radical (unpaired) electrons. The third-order valence-corrected chi connectivity index (χ3v) is 9.07. The Morgan fingerprint density at radius 1 is 0.784 bits per heavy atom. The molecular formula is C30H37N3O3S. The van der Waals surface area contributed by atoms with E-state index in [0.717, 1.165) is 36.3 Å². The molecular weight excluding hydrogens is 482 g/mol. The molecule has 3 aromatic rings. The van der Waals surface area contributed by atoms with Crippen molar-refractivity contribution in [3.05, 3.63) is 100 Å². The van der Waals surface area contributed by atoms with Crippen LogP contribution in [0.25, 0.3) is 0 Å². The molecule has 0 saturated carbocycles. The summed E-state index contributed by atoms with van der Waals surface area (Å²) in [6.45, 7) is 11.1. The molecule has 37 heavy (non-hydrogen) atoms. The number of aryl methyl sites for hydroxylation is 4. The molecule has 196 valence electrons. The minimum Gasteiger partial charge on any atom is -0.339 e. The Labute approximate surface area is 221 Å². The van der Waals surface area contributed by atoms with Crippen LogP contribution < -0.4 is 0 Å². The highest BCUT2D eigenvalue weighted by Crippen LogP contribution is 2.27. The summed E-state index contributed by atoms with van der Waals surface area (Å²) in [4.78, 5) is 17.8. The zero-order valence-corrected chi connectivity index (χ0v) is 23.1. The van der Waals surface area contributed by atoms with E-state index in [1.54, 1.807) is 4.90 Å². The van der Waals surface area contributed by atoms with Gasteiger partial charge in [-0.05, 0) is 49.9 Å². The van der Waals surface area contributed by atoms with Gasteiger partial charge in [-0.25, -0.2) is 8.42 Å². The zero-order chi connectivity index (χ0) is 26.6. The Bertz CT molecular complexity index is 1310.